The van der Waals surface area contributed by atoms with Gasteiger partial charge in [-0.15, -0.1) is 0 Å². The molecule has 1 fully saturated rings. The summed E-state index contributed by atoms with van der Waals surface area (Å²) in [6.45, 7) is 14.6. The van der Waals surface area contributed by atoms with Crippen molar-refractivity contribution in [3.63, 3.8) is 0 Å². The maximum Gasteiger partial charge on any atom is 0.223 e. The summed E-state index contributed by atoms with van der Waals surface area (Å²) in [6, 6.07) is 0. The highest BCUT2D eigenvalue weighted by atomic mass is 16.6. The number of aliphatic hydroxyl groups is 3. The quantitative estimate of drug-likeness (QED) is 0.572. The zero-order valence-corrected chi connectivity index (χ0v) is 15.4. The summed E-state index contributed by atoms with van der Waals surface area (Å²) < 4.78 is 6.17. The number of amidine groups is 1. The maximum absolute atomic E-state index is 11.3. The summed E-state index contributed by atoms with van der Waals surface area (Å²) >= 11 is 0. The number of rotatable bonds is 2. The zero-order chi connectivity index (χ0) is 18.9. The Labute approximate surface area is 142 Å². The van der Waals surface area contributed by atoms with Crippen molar-refractivity contribution in [1.29, 1.82) is 0 Å². The minimum absolute atomic E-state index is 0.0481. The number of ether oxygens (including phenoxy) is 1. The van der Waals surface area contributed by atoms with Crippen LogP contribution >= 0.6 is 0 Å². The van der Waals surface area contributed by atoms with Gasteiger partial charge in [-0.2, -0.15) is 4.99 Å². The first kappa shape index (κ1) is 18.9. The molecule has 136 valence electrons. The van der Waals surface area contributed by atoms with Crippen LogP contribution in [-0.4, -0.2) is 60.1 Å². The molecule has 2 aliphatic heterocycles. The normalized spacial score (nSPS) is 43.8. The van der Waals surface area contributed by atoms with E-state index in [2.05, 4.69) is 16.6 Å². The van der Waals surface area contributed by atoms with Crippen molar-refractivity contribution in [1.82, 2.24) is 4.90 Å². The highest BCUT2D eigenvalue weighted by molar-refractivity contribution is 5.97. The molecule has 4 atom stereocenters. The topological polar surface area (TPSA) is 124 Å². The van der Waals surface area contributed by atoms with Crippen LogP contribution in [0.2, 0.25) is 0 Å². The van der Waals surface area contributed by atoms with Crippen LogP contribution < -0.4 is 5.73 Å². The number of hydrogen-bond acceptors (Lipinski definition) is 8. The van der Waals surface area contributed by atoms with Gasteiger partial charge in [0, 0.05) is 0 Å². The van der Waals surface area contributed by atoms with Gasteiger partial charge in [0.25, 0.3) is 0 Å². The summed E-state index contributed by atoms with van der Waals surface area (Å²) in [7, 11) is 0. The molecule has 0 aliphatic carbocycles. The van der Waals surface area contributed by atoms with Gasteiger partial charge in [-0.05, 0) is 48.5 Å². The van der Waals surface area contributed by atoms with Crippen LogP contribution in [0.5, 0.6) is 0 Å². The fourth-order valence-corrected chi connectivity index (χ4v) is 3.66. The number of nitrogens with zero attached hydrogens (tertiary/aromatic N) is 3. The number of guanidine groups is 1. The van der Waals surface area contributed by atoms with Crippen molar-refractivity contribution in [3.05, 3.63) is 12.4 Å². The molecule has 2 rings (SSSR count). The lowest BCUT2D eigenvalue weighted by atomic mass is 9.67. The standard InChI is InChI=1S/C16H28N4O4/c1-9-18-11(17)19-10(2)20(9)16(8)14(6,23)13(5,22)15(7,24-16)12(3,4)21/h21-23H,1H2,2-8H3,(H2,17,18)/t13-,14?,15-,16-/m1/s1. The van der Waals surface area contributed by atoms with Crippen molar-refractivity contribution < 1.29 is 20.1 Å². The van der Waals surface area contributed by atoms with Crippen molar-refractivity contribution in [3.8, 4) is 0 Å². The smallest absolute Gasteiger partial charge is 0.223 e. The van der Waals surface area contributed by atoms with Gasteiger partial charge >= 0.3 is 0 Å². The van der Waals surface area contributed by atoms with Gasteiger partial charge in [0.05, 0.1) is 5.60 Å². The number of nitrogens with two attached hydrogens (primary N) is 1. The lowest BCUT2D eigenvalue weighted by molar-refractivity contribution is -0.237. The fourth-order valence-electron chi connectivity index (χ4n) is 3.66. The predicted molar refractivity (Wildman–Crippen MR) is 91.2 cm³/mol. The van der Waals surface area contributed by atoms with Crippen molar-refractivity contribution >= 4 is 11.8 Å². The molecule has 0 saturated carbocycles. The average Bonchev–Trinajstić information content (AvgIpc) is 2.44. The molecule has 1 saturated heterocycles. The molecule has 0 aromatic carbocycles. The van der Waals surface area contributed by atoms with Crippen molar-refractivity contribution in [2.75, 3.05) is 0 Å². The molecule has 8 nitrogen and oxygen atoms in total. The van der Waals surface area contributed by atoms with Crippen LogP contribution in [-0.2, 0) is 4.74 Å². The second-order valence-corrected chi connectivity index (χ2v) is 7.70. The molecule has 5 N–H and O–H groups in total. The molecule has 0 amide bonds. The zero-order valence-electron chi connectivity index (χ0n) is 15.4. The van der Waals surface area contributed by atoms with Crippen LogP contribution in [0, 0.1) is 0 Å². The van der Waals surface area contributed by atoms with Crippen LogP contribution in [0.25, 0.3) is 0 Å². The molecule has 0 radical (unpaired) electrons. The Bertz CT molecular complexity index is 647. The molecule has 8 heteroatoms. The third kappa shape index (κ3) is 2.00. The molecule has 24 heavy (non-hydrogen) atoms. The van der Waals surface area contributed by atoms with Crippen LogP contribution in [0.15, 0.2) is 22.4 Å². The Balaban J connectivity index is 2.67. The predicted octanol–water partition coefficient (Wildman–Crippen LogP) is 0.284. The highest BCUT2D eigenvalue weighted by Gasteiger charge is 2.77. The second kappa shape index (κ2) is 4.78. The second-order valence-electron chi connectivity index (χ2n) is 7.70. The Kier molecular flexibility index (Phi) is 3.76. The van der Waals surface area contributed by atoms with Gasteiger partial charge in [0.15, 0.2) is 5.72 Å². The van der Waals surface area contributed by atoms with Crippen molar-refractivity contribution in [2.24, 2.45) is 15.7 Å². The molecule has 0 aromatic heterocycles. The summed E-state index contributed by atoms with van der Waals surface area (Å²) in [6.07, 6.45) is 0. The minimum Gasteiger partial charge on any atom is -0.387 e. The van der Waals surface area contributed by atoms with Gasteiger partial charge in [-0.3, -0.25) is 4.90 Å². The molecule has 0 spiro atoms. The van der Waals surface area contributed by atoms with Gasteiger partial charge in [-0.25, -0.2) is 4.99 Å². The van der Waals surface area contributed by atoms with Gasteiger partial charge in [0.1, 0.15) is 28.5 Å². The van der Waals surface area contributed by atoms with Crippen LogP contribution in [0.4, 0.5) is 0 Å². The minimum atomic E-state index is -1.81. The SMILES string of the molecule is C=C1N=C(N)N=C(C)N1[C@]1(C)O[C@](C)(C(C)(C)O)[C@](C)(O)C1(C)O. The first-order valence-electron chi connectivity index (χ1n) is 7.79. The molecule has 2 aliphatic rings. The molecule has 2 heterocycles. The van der Waals surface area contributed by atoms with E-state index in [9.17, 15) is 15.3 Å². The van der Waals surface area contributed by atoms with Crippen LogP contribution in [0.1, 0.15) is 48.5 Å². The fraction of sp³-hybridized carbons (Fsp3) is 0.750. The van der Waals surface area contributed by atoms with E-state index in [4.69, 9.17) is 10.5 Å². The number of aliphatic imine (C=N–C) groups is 2. The first-order valence-corrected chi connectivity index (χ1v) is 7.79. The lowest BCUT2D eigenvalue weighted by Gasteiger charge is -2.48. The lowest BCUT2D eigenvalue weighted by Crippen LogP contribution is -2.69. The molecule has 0 bridgehead atoms. The van der Waals surface area contributed by atoms with E-state index in [1.165, 1.54) is 32.6 Å². The van der Waals surface area contributed by atoms with E-state index in [0.717, 1.165) is 0 Å². The third-order valence-electron chi connectivity index (χ3n) is 5.88. The van der Waals surface area contributed by atoms with E-state index in [1.807, 2.05) is 0 Å². The van der Waals surface area contributed by atoms with E-state index < -0.39 is 28.1 Å². The van der Waals surface area contributed by atoms with E-state index in [1.54, 1.807) is 20.8 Å². The molecule has 1 unspecified atom stereocenters. The monoisotopic (exact) mass is 340 g/mol. The van der Waals surface area contributed by atoms with E-state index >= 15 is 0 Å². The number of hydrogen-bond donors (Lipinski definition) is 4. The summed E-state index contributed by atoms with van der Waals surface area (Å²) in [4.78, 5) is 9.61. The largest absolute Gasteiger partial charge is 0.387 e. The summed E-state index contributed by atoms with van der Waals surface area (Å²) in [5, 5.41) is 33.1. The van der Waals surface area contributed by atoms with Gasteiger partial charge < -0.3 is 25.8 Å². The Morgan fingerprint density at radius 2 is 1.62 bits per heavy atom. The van der Waals surface area contributed by atoms with Crippen molar-refractivity contribution in [2.45, 2.75) is 76.6 Å². The first-order chi connectivity index (χ1) is 10.5. The Morgan fingerprint density at radius 1 is 1.12 bits per heavy atom. The summed E-state index contributed by atoms with van der Waals surface area (Å²) in [5.74, 6) is 0.677. The van der Waals surface area contributed by atoms with E-state index in [-0.39, 0.29) is 11.8 Å². The summed E-state index contributed by atoms with van der Waals surface area (Å²) in [5.41, 5.74) is -2.42. The van der Waals surface area contributed by atoms with Crippen LogP contribution in [0.3, 0.4) is 0 Å². The highest BCUT2D eigenvalue weighted by Crippen LogP contribution is 2.57. The Hall–Kier alpha value is -1.48. The molecular formula is C16H28N4O4. The Morgan fingerprint density at radius 3 is 2.00 bits per heavy atom. The van der Waals surface area contributed by atoms with Gasteiger partial charge in [0.2, 0.25) is 5.96 Å². The molecular weight excluding hydrogens is 312 g/mol. The van der Waals surface area contributed by atoms with E-state index in [0.29, 0.717) is 5.84 Å². The average molecular weight is 340 g/mol. The van der Waals surface area contributed by atoms with Gasteiger partial charge in [-0.1, -0.05) is 6.58 Å². The molecule has 0 aromatic rings. The maximum atomic E-state index is 11.3. The third-order valence-corrected chi connectivity index (χ3v) is 5.88.